The van der Waals surface area contributed by atoms with E-state index in [-0.39, 0.29) is 12.5 Å². The van der Waals surface area contributed by atoms with Crippen LogP contribution in [0.1, 0.15) is 303 Å². The van der Waals surface area contributed by atoms with Gasteiger partial charge in [-0.15, -0.1) is 0 Å². The van der Waals surface area contributed by atoms with Gasteiger partial charge in [-0.3, -0.25) is 4.79 Å². The minimum atomic E-state index is -0.653. The summed E-state index contributed by atoms with van der Waals surface area (Å²) in [7, 11) is 0. The Bertz CT molecular complexity index is 784. The van der Waals surface area contributed by atoms with Crippen LogP contribution in [0, 0.1) is 0 Å². The summed E-state index contributed by atoms with van der Waals surface area (Å²) in [5.74, 6) is -0.0271. The summed E-state index contributed by atoms with van der Waals surface area (Å²) in [5, 5.41) is 23.1. The van der Waals surface area contributed by atoms with Crippen LogP contribution >= 0.6 is 0 Å². The standard InChI is InChI=1S/C53H105NO3/c1-3-5-7-9-11-13-15-16-17-18-19-20-21-22-23-24-25-26-27-28-29-30-31-32-33-34-35-36-37-38-39-41-43-45-47-49-53(57)54-51(50-55)52(56)48-46-44-42-40-14-12-10-8-6-4-2/h18-19,51-52,55-56H,3-17,20-50H2,1-2H3,(H,54,57)/b19-18-. The molecule has 0 rings (SSSR count). The first-order chi connectivity index (χ1) is 28.2. The van der Waals surface area contributed by atoms with E-state index in [2.05, 4.69) is 31.3 Å². The van der Waals surface area contributed by atoms with Gasteiger partial charge in [0, 0.05) is 6.42 Å². The number of hydrogen-bond acceptors (Lipinski definition) is 3. The molecule has 0 saturated carbocycles. The lowest BCUT2D eigenvalue weighted by atomic mass is 10.0. The fraction of sp³-hybridized carbons (Fsp3) is 0.943. The Kier molecular flexibility index (Phi) is 48.7. The van der Waals surface area contributed by atoms with Crippen molar-refractivity contribution in [2.75, 3.05) is 6.61 Å². The quantitative estimate of drug-likeness (QED) is 0.0424. The molecule has 0 saturated heterocycles. The maximum Gasteiger partial charge on any atom is 0.220 e. The highest BCUT2D eigenvalue weighted by Gasteiger charge is 2.20. The molecule has 0 fully saturated rings. The third-order valence-corrected chi connectivity index (χ3v) is 12.5. The van der Waals surface area contributed by atoms with E-state index >= 15 is 0 Å². The average Bonchev–Trinajstić information content (AvgIpc) is 3.22. The molecule has 0 aliphatic carbocycles. The first-order valence-electron chi connectivity index (χ1n) is 26.4. The Labute approximate surface area is 358 Å². The molecule has 0 heterocycles. The van der Waals surface area contributed by atoms with E-state index in [0.717, 1.165) is 25.7 Å². The van der Waals surface area contributed by atoms with Crippen molar-refractivity contribution in [2.24, 2.45) is 0 Å². The molecule has 4 nitrogen and oxygen atoms in total. The minimum absolute atomic E-state index is 0.0271. The first kappa shape index (κ1) is 56.1. The van der Waals surface area contributed by atoms with Crippen LogP contribution in [0.3, 0.4) is 0 Å². The van der Waals surface area contributed by atoms with Crippen LogP contribution in [0.25, 0.3) is 0 Å². The van der Waals surface area contributed by atoms with Gasteiger partial charge in [0.25, 0.3) is 0 Å². The van der Waals surface area contributed by atoms with E-state index in [1.54, 1.807) is 0 Å². The largest absolute Gasteiger partial charge is 0.394 e. The topological polar surface area (TPSA) is 69.6 Å². The molecule has 0 radical (unpaired) electrons. The van der Waals surface area contributed by atoms with Crippen molar-refractivity contribution in [3.05, 3.63) is 12.2 Å². The van der Waals surface area contributed by atoms with Crippen molar-refractivity contribution in [1.29, 1.82) is 0 Å². The molecule has 0 bridgehead atoms. The average molecular weight is 804 g/mol. The zero-order valence-corrected chi connectivity index (χ0v) is 39.1. The number of hydrogen-bond donors (Lipinski definition) is 3. The lowest BCUT2D eigenvalue weighted by molar-refractivity contribution is -0.123. The number of amides is 1. The maximum atomic E-state index is 12.4. The number of carbonyl (C=O) groups excluding carboxylic acids is 1. The first-order valence-corrected chi connectivity index (χ1v) is 26.4. The number of unbranched alkanes of at least 4 members (excludes halogenated alkanes) is 40. The Morgan fingerprint density at radius 3 is 0.965 bits per heavy atom. The molecule has 57 heavy (non-hydrogen) atoms. The van der Waals surface area contributed by atoms with E-state index < -0.39 is 12.1 Å². The van der Waals surface area contributed by atoms with E-state index in [1.807, 2.05) is 0 Å². The molecule has 0 aliphatic rings. The molecule has 0 aliphatic heterocycles. The van der Waals surface area contributed by atoms with Gasteiger partial charge in [0.2, 0.25) is 5.91 Å². The summed E-state index contributed by atoms with van der Waals surface area (Å²) < 4.78 is 0. The molecule has 0 aromatic carbocycles. The van der Waals surface area contributed by atoms with E-state index in [0.29, 0.717) is 12.8 Å². The number of carbonyl (C=O) groups is 1. The Balaban J connectivity index is 3.33. The number of aliphatic hydroxyl groups excluding tert-OH is 2. The molecular weight excluding hydrogens is 699 g/mol. The van der Waals surface area contributed by atoms with Gasteiger partial charge in [-0.25, -0.2) is 0 Å². The highest BCUT2D eigenvalue weighted by atomic mass is 16.3. The van der Waals surface area contributed by atoms with E-state index in [1.165, 1.54) is 250 Å². The van der Waals surface area contributed by atoms with Crippen molar-refractivity contribution < 1.29 is 15.0 Å². The summed E-state index contributed by atoms with van der Waals surface area (Å²) in [5.41, 5.74) is 0. The van der Waals surface area contributed by atoms with Crippen LogP contribution in [0.15, 0.2) is 12.2 Å². The molecule has 2 unspecified atom stereocenters. The summed E-state index contributed by atoms with van der Waals surface area (Å²) in [6.45, 7) is 4.36. The molecule has 1 amide bonds. The van der Waals surface area contributed by atoms with Crippen LogP contribution in [-0.2, 0) is 4.79 Å². The normalized spacial score (nSPS) is 12.8. The van der Waals surface area contributed by atoms with E-state index in [9.17, 15) is 15.0 Å². The van der Waals surface area contributed by atoms with Crippen molar-refractivity contribution in [3.63, 3.8) is 0 Å². The van der Waals surface area contributed by atoms with Crippen LogP contribution in [0.4, 0.5) is 0 Å². The van der Waals surface area contributed by atoms with Crippen LogP contribution < -0.4 is 5.32 Å². The maximum absolute atomic E-state index is 12.4. The predicted molar refractivity (Wildman–Crippen MR) is 253 cm³/mol. The van der Waals surface area contributed by atoms with Crippen LogP contribution in [0.5, 0.6) is 0 Å². The number of aliphatic hydroxyl groups is 2. The van der Waals surface area contributed by atoms with Gasteiger partial charge >= 0.3 is 0 Å². The predicted octanol–water partition coefficient (Wildman–Crippen LogP) is 17.0. The number of allylic oxidation sites excluding steroid dienone is 2. The van der Waals surface area contributed by atoms with E-state index in [4.69, 9.17) is 0 Å². The summed E-state index contributed by atoms with van der Waals surface area (Å²) >= 11 is 0. The summed E-state index contributed by atoms with van der Waals surface area (Å²) in [4.78, 5) is 12.4. The molecular formula is C53H105NO3. The summed E-state index contributed by atoms with van der Waals surface area (Å²) in [6, 6.07) is -0.530. The zero-order valence-electron chi connectivity index (χ0n) is 39.1. The highest BCUT2D eigenvalue weighted by molar-refractivity contribution is 5.76. The minimum Gasteiger partial charge on any atom is -0.394 e. The monoisotopic (exact) mass is 804 g/mol. The van der Waals surface area contributed by atoms with Gasteiger partial charge in [0.15, 0.2) is 0 Å². The van der Waals surface area contributed by atoms with Crippen molar-refractivity contribution in [1.82, 2.24) is 5.32 Å². The molecule has 2 atom stereocenters. The second-order valence-corrected chi connectivity index (χ2v) is 18.3. The van der Waals surface area contributed by atoms with Gasteiger partial charge < -0.3 is 15.5 Å². The second-order valence-electron chi connectivity index (χ2n) is 18.3. The third-order valence-electron chi connectivity index (χ3n) is 12.5. The van der Waals surface area contributed by atoms with Crippen molar-refractivity contribution in [3.8, 4) is 0 Å². The number of rotatable bonds is 49. The van der Waals surface area contributed by atoms with Crippen LogP contribution in [-0.4, -0.2) is 34.9 Å². The lowest BCUT2D eigenvalue weighted by Crippen LogP contribution is -2.45. The summed E-state index contributed by atoms with van der Waals surface area (Å²) in [6.07, 6.45) is 63.5. The smallest absolute Gasteiger partial charge is 0.220 e. The van der Waals surface area contributed by atoms with Gasteiger partial charge in [0.05, 0.1) is 18.8 Å². The lowest BCUT2D eigenvalue weighted by Gasteiger charge is -2.22. The van der Waals surface area contributed by atoms with Crippen molar-refractivity contribution >= 4 is 5.91 Å². The number of nitrogens with one attached hydrogen (secondary N) is 1. The molecule has 4 heteroatoms. The fourth-order valence-electron chi connectivity index (χ4n) is 8.48. The van der Waals surface area contributed by atoms with Crippen LogP contribution in [0.2, 0.25) is 0 Å². The molecule has 0 spiro atoms. The molecule has 340 valence electrons. The molecule has 0 aromatic rings. The highest BCUT2D eigenvalue weighted by Crippen LogP contribution is 2.17. The SMILES string of the molecule is CCCCCCCCCC/C=C\CCCCCCCCCCCCCCCCCCCCCCCCCC(=O)NC(CO)C(O)CCCCCCCCCCCC. The Hall–Kier alpha value is -0.870. The molecule has 0 aromatic heterocycles. The Morgan fingerprint density at radius 2 is 0.667 bits per heavy atom. The zero-order chi connectivity index (χ0) is 41.4. The van der Waals surface area contributed by atoms with Crippen molar-refractivity contribution in [2.45, 2.75) is 315 Å². The van der Waals surface area contributed by atoms with Gasteiger partial charge in [-0.05, 0) is 38.5 Å². The fourth-order valence-corrected chi connectivity index (χ4v) is 8.48. The molecule has 3 N–H and O–H groups in total. The van der Waals surface area contributed by atoms with Gasteiger partial charge in [-0.2, -0.15) is 0 Å². The van der Waals surface area contributed by atoms with Gasteiger partial charge in [-0.1, -0.05) is 270 Å². The second kappa shape index (κ2) is 49.5. The third kappa shape index (κ3) is 46.1. The van der Waals surface area contributed by atoms with Gasteiger partial charge in [0.1, 0.15) is 0 Å². The Morgan fingerprint density at radius 1 is 0.404 bits per heavy atom.